The number of amides is 2. The Morgan fingerprint density at radius 1 is 0.771 bits per heavy atom. The molecular formula is C25H22Cl2N2O6. The molecule has 0 aliphatic rings. The molecule has 0 saturated heterocycles. The molecular weight excluding hydrogens is 495 g/mol. The maximum absolute atomic E-state index is 12.1. The minimum absolute atomic E-state index is 0.106. The number of ether oxygens (including phenoxy) is 3. The number of halogens is 2. The van der Waals surface area contributed by atoms with E-state index < -0.39 is 18.5 Å². The van der Waals surface area contributed by atoms with Gasteiger partial charge in [0.05, 0.1) is 19.2 Å². The monoisotopic (exact) mass is 516 g/mol. The van der Waals surface area contributed by atoms with E-state index >= 15 is 0 Å². The SMILES string of the molecule is COc1ccc(Cl)cc1NC(=O)COC(=O)CCC(=O)Nc1ccc(Oc2ccc(Cl)cc2)cc1. The molecule has 3 aromatic rings. The molecule has 0 aliphatic carbocycles. The van der Waals surface area contributed by atoms with Crippen LogP contribution in [0, 0.1) is 0 Å². The van der Waals surface area contributed by atoms with Gasteiger partial charge in [-0.2, -0.15) is 0 Å². The summed E-state index contributed by atoms with van der Waals surface area (Å²) >= 11 is 11.8. The molecule has 182 valence electrons. The number of methoxy groups -OCH3 is 1. The van der Waals surface area contributed by atoms with Crippen LogP contribution in [-0.2, 0) is 19.1 Å². The van der Waals surface area contributed by atoms with Gasteiger partial charge in [-0.15, -0.1) is 0 Å². The van der Waals surface area contributed by atoms with Crippen molar-refractivity contribution in [2.45, 2.75) is 12.8 Å². The summed E-state index contributed by atoms with van der Waals surface area (Å²) in [4.78, 5) is 36.1. The molecule has 0 heterocycles. The standard InChI is InChI=1S/C25H22Cl2N2O6/c1-33-22-11-4-17(27)14-21(22)29-24(31)15-34-25(32)13-12-23(30)28-18-5-9-20(10-6-18)35-19-7-2-16(26)3-8-19/h2-11,14H,12-13,15H2,1H3,(H,28,30)(H,29,31). The lowest BCUT2D eigenvalue weighted by Crippen LogP contribution is -2.22. The van der Waals surface area contributed by atoms with Gasteiger partial charge < -0.3 is 24.8 Å². The third-order valence-electron chi connectivity index (χ3n) is 4.54. The lowest BCUT2D eigenvalue weighted by atomic mass is 10.2. The van der Waals surface area contributed by atoms with Crippen molar-refractivity contribution < 1.29 is 28.6 Å². The lowest BCUT2D eigenvalue weighted by Gasteiger charge is -2.11. The molecule has 0 unspecified atom stereocenters. The fraction of sp³-hybridized carbons (Fsp3) is 0.160. The number of hydrogen-bond acceptors (Lipinski definition) is 6. The number of anilines is 2. The van der Waals surface area contributed by atoms with Crippen molar-refractivity contribution in [1.82, 2.24) is 0 Å². The van der Waals surface area contributed by atoms with Crippen LogP contribution in [0.15, 0.2) is 66.7 Å². The molecule has 0 bridgehead atoms. The normalized spacial score (nSPS) is 10.3. The summed E-state index contributed by atoms with van der Waals surface area (Å²) in [6.45, 7) is -0.509. The Bertz CT molecular complexity index is 1180. The number of benzene rings is 3. The summed E-state index contributed by atoms with van der Waals surface area (Å²) in [5.41, 5.74) is 0.895. The number of rotatable bonds is 10. The van der Waals surface area contributed by atoms with Crippen molar-refractivity contribution in [3.05, 3.63) is 76.8 Å². The van der Waals surface area contributed by atoms with Gasteiger partial charge in [0.2, 0.25) is 5.91 Å². The van der Waals surface area contributed by atoms with Crippen LogP contribution in [0.4, 0.5) is 11.4 Å². The Labute approximate surface area is 212 Å². The molecule has 2 N–H and O–H groups in total. The van der Waals surface area contributed by atoms with Gasteiger partial charge >= 0.3 is 5.97 Å². The number of hydrogen-bond donors (Lipinski definition) is 2. The van der Waals surface area contributed by atoms with E-state index in [-0.39, 0.29) is 18.7 Å². The van der Waals surface area contributed by atoms with Crippen molar-refractivity contribution in [2.75, 3.05) is 24.4 Å². The van der Waals surface area contributed by atoms with Crippen LogP contribution in [0.2, 0.25) is 10.0 Å². The first-order valence-corrected chi connectivity index (χ1v) is 11.2. The van der Waals surface area contributed by atoms with E-state index in [1.807, 2.05) is 0 Å². The summed E-state index contributed by atoms with van der Waals surface area (Å²) < 4.78 is 15.8. The van der Waals surface area contributed by atoms with Crippen LogP contribution in [0.3, 0.4) is 0 Å². The fourth-order valence-corrected chi connectivity index (χ4v) is 3.16. The lowest BCUT2D eigenvalue weighted by molar-refractivity contribution is -0.147. The predicted octanol–water partition coefficient (Wildman–Crippen LogP) is 5.69. The zero-order valence-corrected chi connectivity index (χ0v) is 20.2. The van der Waals surface area contributed by atoms with Gasteiger partial charge in [-0.1, -0.05) is 23.2 Å². The molecule has 0 atom stereocenters. The molecule has 35 heavy (non-hydrogen) atoms. The van der Waals surface area contributed by atoms with E-state index in [0.29, 0.717) is 38.7 Å². The summed E-state index contributed by atoms with van der Waals surface area (Å²) in [7, 11) is 1.45. The first-order valence-electron chi connectivity index (χ1n) is 10.4. The molecule has 0 saturated carbocycles. The second-order valence-electron chi connectivity index (χ2n) is 7.18. The summed E-state index contributed by atoms with van der Waals surface area (Å²) in [5.74, 6) is 0.00811. The van der Waals surface area contributed by atoms with E-state index in [1.165, 1.54) is 13.2 Å². The van der Waals surface area contributed by atoms with Crippen molar-refractivity contribution in [3.8, 4) is 17.2 Å². The zero-order chi connectivity index (χ0) is 25.2. The molecule has 8 nitrogen and oxygen atoms in total. The fourth-order valence-electron chi connectivity index (χ4n) is 2.87. The van der Waals surface area contributed by atoms with Gasteiger partial charge in [-0.3, -0.25) is 14.4 Å². The van der Waals surface area contributed by atoms with Crippen LogP contribution in [0.5, 0.6) is 17.2 Å². The highest BCUT2D eigenvalue weighted by molar-refractivity contribution is 6.31. The Kier molecular flexibility index (Phi) is 9.34. The van der Waals surface area contributed by atoms with Crippen LogP contribution in [0.25, 0.3) is 0 Å². The Morgan fingerprint density at radius 3 is 2.06 bits per heavy atom. The average molecular weight is 517 g/mol. The zero-order valence-electron chi connectivity index (χ0n) is 18.7. The third kappa shape index (κ3) is 8.51. The van der Waals surface area contributed by atoms with Crippen molar-refractivity contribution >= 4 is 52.4 Å². The van der Waals surface area contributed by atoms with Gasteiger partial charge in [0.25, 0.3) is 5.91 Å². The highest BCUT2D eigenvalue weighted by atomic mass is 35.5. The molecule has 0 aromatic heterocycles. The van der Waals surface area contributed by atoms with Gasteiger partial charge in [-0.05, 0) is 66.7 Å². The molecule has 0 spiro atoms. The van der Waals surface area contributed by atoms with Crippen molar-refractivity contribution in [3.63, 3.8) is 0 Å². The van der Waals surface area contributed by atoms with E-state index in [1.54, 1.807) is 60.7 Å². The summed E-state index contributed by atoms with van der Waals surface area (Å²) in [6.07, 6.45) is -0.289. The molecule has 0 fully saturated rings. The number of carbonyl (C=O) groups excluding carboxylic acids is 3. The molecule has 10 heteroatoms. The van der Waals surface area contributed by atoms with Gasteiger partial charge in [0.1, 0.15) is 17.2 Å². The maximum atomic E-state index is 12.1. The van der Waals surface area contributed by atoms with E-state index in [2.05, 4.69) is 10.6 Å². The second kappa shape index (κ2) is 12.6. The Morgan fingerprint density at radius 2 is 1.40 bits per heavy atom. The summed E-state index contributed by atoms with van der Waals surface area (Å²) in [6, 6.07) is 18.4. The van der Waals surface area contributed by atoms with E-state index in [9.17, 15) is 14.4 Å². The van der Waals surface area contributed by atoms with Crippen LogP contribution < -0.4 is 20.1 Å². The van der Waals surface area contributed by atoms with Crippen LogP contribution >= 0.6 is 23.2 Å². The molecule has 0 aliphatic heterocycles. The largest absolute Gasteiger partial charge is 0.495 e. The molecule has 2 amide bonds. The quantitative estimate of drug-likeness (QED) is 0.335. The first-order chi connectivity index (χ1) is 16.8. The predicted molar refractivity (Wildman–Crippen MR) is 133 cm³/mol. The van der Waals surface area contributed by atoms with Gasteiger partial charge in [0.15, 0.2) is 6.61 Å². The highest BCUT2D eigenvalue weighted by Crippen LogP contribution is 2.27. The van der Waals surface area contributed by atoms with Crippen molar-refractivity contribution in [1.29, 1.82) is 0 Å². The smallest absolute Gasteiger partial charge is 0.306 e. The second-order valence-corrected chi connectivity index (χ2v) is 8.05. The molecule has 3 aromatic carbocycles. The van der Waals surface area contributed by atoms with E-state index in [4.69, 9.17) is 37.4 Å². The average Bonchev–Trinajstić information content (AvgIpc) is 2.84. The van der Waals surface area contributed by atoms with Gasteiger partial charge in [-0.25, -0.2) is 0 Å². The minimum Gasteiger partial charge on any atom is -0.495 e. The summed E-state index contributed by atoms with van der Waals surface area (Å²) in [5, 5.41) is 6.26. The third-order valence-corrected chi connectivity index (χ3v) is 5.03. The number of carbonyl (C=O) groups is 3. The minimum atomic E-state index is -0.680. The topological polar surface area (TPSA) is 103 Å². The number of esters is 1. The number of nitrogens with one attached hydrogen (secondary N) is 2. The first kappa shape index (κ1) is 25.9. The Balaban J connectivity index is 1.38. The van der Waals surface area contributed by atoms with E-state index in [0.717, 1.165) is 0 Å². The van der Waals surface area contributed by atoms with Crippen LogP contribution in [0.1, 0.15) is 12.8 Å². The maximum Gasteiger partial charge on any atom is 0.306 e. The Hall–Kier alpha value is -3.75. The van der Waals surface area contributed by atoms with Crippen molar-refractivity contribution in [2.24, 2.45) is 0 Å². The van der Waals surface area contributed by atoms with Crippen LogP contribution in [-0.4, -0.2) is 31.5 Å². The van der Waals surface area contributed by atoms with Gasteiger partial charge in [0, 0.05) is 22.2 Å². The molecule has 3 rings (SSSR count). The highest BCUT2D eigenvalue weighted by Gasteiger charge is 2.13. The molecule has 0 radical (unpaired) electrons.